The zero-order chi connectivity index (χ0) is 18.2. The highest BCUT2D eigenvalue weighted by atomic mass is 79.9. The first kappa shape index (κ1) is 18.9. The summed E-state index contributed by atoms with van der Waals surface area (Å²) < 4.78 is 3.15. The van der Waals surface area contributed by atoms with E-state index in [0.29, 0.717) is 0 Å². The number of benzene rings is 1. The van der Waals surface area contributed by atoms with Crippen molar-refractivity contribution < 1.29 is 0 Å². The Balaban J connectivity index is 1.47. The Hall–Kier alpha value is -1.89. The molecule has 2 aromatic rings. The van der Waals surface area contributed by atoms with E-state index in [1.54, 1.807) is 12.7 Å². The average molecular weight is 419 g/mol. The maximum atomic E-state index is 4.86. The molecule has 0 amide bonds. The van der Waals surface area contributed by atoms with Crippen LogP contribution in [0.3, 0.4) is 0 Å². The van der Waals surface area contributed by atoms with Crippen LogP contribution in [0.1, 0.15) is 38.2 Å². The van der Waals surface area contributed by atoms with E-state index >= 15 is 0 Å². The SMILES string of the molecule is CCNC(=NCC1(c2cccc(Br)c2)CC1)NCCCCn1cnnc1. The van der Waals surface area contributed by atoms with E-state index in [0.717, 1.165) is 49.5 Å². The molecule has 1 heterocycles. The molecule has 7 heteroatoms. The van der Waals surface area contributed by atoms with E-state index < -0.39 is 0 Å². The van der Waals surface area contributed by atoms with Gasteiger partial charge in [-0.15, -0.1) is 10.2 Å². The first-order chi connectivity index (χ1) is 12.7. The summed E-state index contributed by atoms with van der Waals surface area (Å²) >= 11 is 3.58. The second-order valence-electron chi connectivity index (χ2n) is 6.82. The second-order valence-corrected chi connectivity index (χ2v) is 7.74. The van der Waals surface area contributed by atoms with Crippen LogP contribution in [-0.4, -0.2) is 40.4 Å². The van der Waals surface area contributed by atoms with Crippen molar-refractivity contribution in [3.63, 3.8) is 0 Å². The molecule has 6 nitrogen and oxygen atoms in total. The Bertz CT molecular complexity index is 709. The summed E-state index contributed by atoms with van der Waals surface area (Å²) in [5.74, 6) is 0.915. The van der Waals surface area contributed by atoms with Crippen LogP contribution in [0.15, 0.2) is 46.4 Å². The Morgan fingerprint density at radius 1 is 1.23 bits per heavy atom. The van der Waals surface area contributed by atoms with Gasteiger partial charge in [0.15, 0.2) is 5.96 Å². The molecule has 2 N–H and O–H groups in total. The molecule has 140 valence electrons. The zero-order valence-corrected chi connectivity index (χ0v) is 16.9. The van der Waals surface area contributed by atoms with Crippen LogP contribution < -0.4 is 10.6 Å². The summed E-state index contributed by atoms with van der Waals surface area (Å²) in [6.07, 6.45) is 8.12. The van der Waals surface area contributed by atoms with Crippen LogP contribution in [0.25, 0.3) is 0 Å². The molecule has 1 saturated carbocycles. The lowest BCUT2D eigenvalue weighted by Crippen LogP contribution is -2.38. The van der Waals surface area contributed by atoms with Crippen molar-refractivity contribution in [2.45, 2.75) is 44.6 Å². The largest absolute Gasteiger partial charge is 0.357 e. The molecular formula is C19H27BrN6. The standard InChI is InChI=1S/C19H27BrN6/c1-2-21-18(22-10-3-4-11-26-14-24-25-15-26)23-13-19(8-9-19)16-6-5-7-17(20)12-16/h5-7,12,14-15H,2-4,8-11,13H2,1H3,(H2,21,22,23). The normalized spacial score (nSPS) is 15.7. The number of aromatic nitrogens is 3. The molecule has 0 aliphatic heterocycles. The minimum Gasteiger partial charge on any atom is -0.357 e. The molecule has 1 aliphatic rings. The number of hydrogen-bond acceptors (Lipinski definition) is 3. The summed E-state index contributed by atoms with van der Waals surface area (Å²) in [6.45, 7) is 5.67. The first-order valence-electron chi connectivity index (χ1n) is 9.32. The van der Waals surface area contributed by atoms with Crippen molar-refractivity contribution in [2.24, 2.45) is 4.99 Å². The van der Waals surface area contributed by atoms with Gasteiger partial charge < -0.3 is 15.2 Å². The predicted molar refractivity (Wildman–Crippen MR) is 108 cm³/mol. The Kier molecular flexibility index (Phi) is 6.66. The van der Waals surface area contributed by atoms with Gasteiger partial charge in [-0.25, -0.2) is 0 Å². The summed E-state index contributed by atoms with van der Waals surface area (Å²) in [7, 11) is 0. The highest BCUT2D eigenvalue weighted by Gasteiger charge is 2.44. The van der Waals surface area contributed by atoms with Crippen LogP contribution in [-0.2, 0) is 12.0 Å². The molecular weight excluding hydrogens is 392 g/mol. The summed E-state index contributed by atoms with van der Waals surface area (Å²) in [5.41, 5.74) is 1.61. The maximum absolute atomic E-state index is 4.86. The van der Waals surface area contributed by atoms with Crippen LogP contribution in [0.5, 0.6) is 0 Å². The molecule has 0 radical (unpaired) electrons. The summed E-state index contributed by atoms with van der Waals surface area (Å²) in [6, 6.07) is 8.64. The van der Waals surface area contributed by atoms with Gasteiger partial charge in [-0.1, -0.05) is 28.1 Å². The number of unbranched alkanes of at least 4 members (excludes halogenated alkanes) is 1. The first-order valence-corrected chi connectivity index (χ1v) is 10.1. The molecule has 1 aliphatic carbocycles. The zero-order valence-electron chi connectivity index (χ0n) is 15.3. The molecule has 26 heavy (non-hydrogen) atoms. The van der Waals surface area contributed by atoms with E-state index in [2.05, 4.69) is 68.0 Å². The monoisotopic (exact) mass is 418 g/mol. The van der Waals surface area contributed by atoms with E-state index in [9.17, 15) is 0 Å². The molecule has 1 fully saturated rings. The number of aryl methyl sites for hydroxylation is 1. The van der Waals surface area contributed by atoms with Crippen molar-refractivity contribution >= 4 is 21.9 Å². The lowest BCUT2D eigenvalue weighted by atomic mass is 9.96. The lowest BCUT2D eigenvalue weighted by Gasteiger charge is -2.16. The molecule has 3 rings (SSSR count). The van der Waals surface area contributed by atoms with Gasteiger partial charge in [0, 0.05) is 29.5 Å². The molecule has 0 saturated heterocycles. The Labute approximate surface area is 163 Å². The fraction of sp³-hybridized carbons (Fsp3) is 0.526. The minimum atomic E-state index is 0.223. The third kappa shape index (κ3) is 5.30. The Morgan fingerprint density at radius 3 is 2.73 bits per heavy atom. The number of halogens is 1. The third-order valence-corrected chi connectivity index (χ3v) is 5.27. The number of nitrogens with one attached hydrogen (secondary N) is 2. The second kappa shape index (κ2) is 9.16. The molecule has 1 aromatic heterocycles. The van der Waals surface area contributed by atoms with Gasteiger partial charge >= 0.3 is 0 Å². The van der Waals surface area contributed by atoms with E-state index in [1.165, 1.54) is 18.4 Å². The Morgan fingerprint density at radius 2 is 2.04 bits per heavy atom. The molecule has 1 aromatic carbocycles. The highest BCUT2D eigenvalue weighted by molar-refractivity contribution is 9.10. The van der Waals surface area contributed by atoms with Gasteiger partial charge in [-0.2, -0.15) is 0 Å². The number of aliphatic imine (C=N–C) groups is 1. The maximum Gasteiger partial charge on any atom is 0.191 e. The van der Waals surface area contributed by atoms with Gasteiger partial charge in [0.25, 0.3) is 0 Å². The molecule has 0 atom stereocenters. The average Bonchev–Trinajstić information content (AvgIpc) is 3.26. The predicted octanol–water partition coefficient (Wildman–Crippen LogP) is 3.11. The number of guanidine groups is 1. The summed E-state index contributed by atoms with van der Waals surface area (Å²) in [4.78, 5) is 4.86. The van der Waals surface area contributed by atoms with Crippen molar-refractivity contribution in [3.8, 4) is 0 Å². The number of hydrogen-bond donors (Lipinski definition) is 2. The fourth-order valence-electron chi connectivity index (χ4n) is 3.04. The van der Waals surface area contributed by atoms with Crippen LogP contribution in [0.2, 0.25) is 0 Å². The molecule has 0 bridgehead atoms. The van der Waals surface area contributed by atoms with Gasteiger partial charge in [0.2, 0.25) is 0 Å². The summed E-state index contributed by atoms with van der Waals surface area (Å²) in [5, 5.41) is 14.5. The van der Waals surface area contributed by atoms with Crippen molar-refractivity contribution in [2.75, 3.05) is 19.6 Å². The quantitative estimate of drug-likeness (QED) is 0.373. The van der Waals surface area contributed by atoms with Gasteiger partial charge in [-0.05, 0) is 50.3 Å². The molecule has 0 unspecified atom stereocenters. The minimum absolute atomic E-state index is 0.223. The van der Waals surface area contributed by atoms with Crippen molar-refractivity contribution in [1.82, 2.24) is 25.4 Å². The van der Waals surface area contributed by atoms with Gasteiger partial charge in [0.1, 0.15) is 12.7 Å². The third-order valence-electron chi connectivity index (χ3n) is 4.78. The van der Waals surface area contributed by atoms with Crippen molar-refractivity contribution in [3.05, 3.63) is 47.0 Å². The van der Waals surface area contributed by atoms with Crippen LogP contribution in [0.4, 0.5) is 0 Å². The number of rotatable bonds is 9. The van der Waals surface area contributed by atoms with E-state index in [-0.39, 0.29) is 5.41 Å². The van der Waals surface area contributed by atoms with E-state index in [1.807, 2.05) is 4.57 Å². The lowest BCUT2D eigenvalue weighted by molar-refractivity contribution is 0.596. The molecule has 0 spiro atoms. The smallest absolute Gasteiger partial charge is 0.191 e. The van der Waals surface area contributed by atoms with Crippen molar-refractivity contribution in [1.29, 1.82) is 0 Å². The van der Waals surface area contributed by atoms with Crippen LogP contribution in [0, 0.1) is 0 Å². The van der Waals surface area contributed by atoms with Gasteiger partial charge in [0.05, 0.1) is 6.54 Å². The number of nitrogens with zero attached hydrogens (tertiary/aromatic N) is 4. The van der Waals surface area contributed by atoms with E-state index in [4.69, 9.17) is 4.99 Å². The topological polar surface area (TPSA) is 67.1 Å². The van der Waals surface area contributed by atoms with Gasteiger partial charge in [-0.3, -0.25) is 4.99 Å². The highest BCUT2D eigenvalue weighted by Crippen LogP contribution is 2.48. The fourth-order valence-corrected chi connectivity index (χ4v) is 3.44. The van der Waals surface area contributed by atoms with Crippen LogP contribution >= 0.6 is 15.9 Å².